The quantitative estimate of drug-likeness (QED) is 0.608. The number of aryl methyl sites for hydroxylation is 1. The van der Waals surface area contributed by atoms with E-state index in [0.717, 1.165) is 35.7 Å². The number of amides is 1. The monoisotopic (exact) mass is 439 g/mol. The number of carbonyl (C=O) groups is 1. The molecular weight excluding hydrogens is 410 g/mol. The molecule has 1 fully saturated rings. The molecule has 1 aliphatic rings. The van der Waals surface area contributed by atoms with Crippen molar-refractivity contribution in [2.75, 3.05) is 13.1 Å². The first kappa shape index (κ1) is 21.6. The van der Waals surface area contributed by atoms with E-state index in [1.165, 1.54) is 5.56 Å². The zero-order valence-corrected chi connectivity index (χ0v) is 18.9. The molecule has 0 bridgehead atoms. The van der Waals surface area contributed by atoms with Gasteiger partial charge < -0.3 is 9.88 Å². The summed E-state index contributed by atoms with van der Waals surface area (Å²) < 4.78 is 29.1. The molecule has 4 rings (SSSR count). The molecule has 6 nitrogen and oxygen atoms in total. The average Bonchev–Trinajstić information content (AvgIpc) is 3.47. The highest BCUT2D eigenvalue weighted by Crippen LogP contribution is 2.27. The predicted molar refractivity (Wildman–Crippen MR) is 122 cm³/mol. The van der Waals surface area contributed by atoms with Crippen molar-refractivity contribution in [2.24, 2.45) is 0 Å². The minimum absolute atomic E-state index is 0.0779. The highest BCUT2D eigenvalue weighted by molar-refractivity contribution is 7.89. The van der Waals surface area contributed by atoms with Crippen molar-refractivity contribution in [3.8, 4) is 0 Å². The van der Waals surface area contributed by atoms with Crippen LogP contribution in [0.15, 0.2) is 59.6 Å². The highest BCUT2D eigenvalue weighted by Gasteiger charge is 2.27. The van der Waals surface area contributed by atoms with E-state index in [4.69, 9.17) is 0 Å². The van der Waals surface area contributed by atoms with E-state index in [1.54, 1.807) is 22.5 Å². The van der Waals surface area contributed by atoms with E-state index in [-0.39, 0.29) is 5.91 Å². The summed E-state index contributed by atoms with van der Waals surface area (Å²) in [7, 11) is -3.46. The molecular formula is C24H29N3O3S. The summed E-state index contributed by atoms with van der Waals surface area (Å²) >= 11 is 0. The smallest absolute Gasteiger partial charge is 0.243 e. The molecule has 0 aliphatic carbocycles. The van der Waals surface area contributed by atoms with Crippen molar-refractivity contribution >= 4 is 26.8 Å². The molecule has 3 aromatic rings. The molecule has 0 spiro atoms. The molecule has 7 heteroatoms. The Morgan fingerprint density at radius 1 is 1.03 bits per heavy atom. The second kappa shape index (κ2) is 8.85. The molecule has 1 saturated heterocycles. The van der Waals surface area contributed by atoms with E-state index < -0.39 is 16.1 Å². The first-order valence-corrected chi connectivity index (χ1v) is 12.3. The number of aromatic nitrogens is 1. The van der Waals surface area contributed by atoms with Crippen LogP contribution < -0.4 is 5.32 Å². The second-order valence-corrected chi connectivity index (χ2v) is 10.1. The van der Waals surface area contributed by atoms with Gasteiger partial charge in [-0.1, -0.05) is 31.2 Å². The van der Waals surface area contributed by atoms with Gasteiger partial charge in [0.25, 0.3) is 0 Å². The van der Waals surface area contributed by atoms with Gasteiger partial charge in [0.15, 0.2) is 0 Å². The summed E-state index contributed by atoms with van der Waals surface area (Å²) in [5.41, 5.74) is 3.18. The standard InChI is InChI=1S/C24H29N3O3S/c1-3-19-6-8-20(9-7-19)17-25-24(28)18(2)27-15-12-21-16-22(10-11-23(21)27)31(29,30)26-13-4-5-14-26/h6-12,15-16,18H,3-5,13-14,17H2,1-2H3,(H,25,28)/t18-/m0/s1. The molecule has 2 aromatic carbocycles. The molecule has 0 saturated carbocycles. The van der Waals surface area contributed by atoms with E-state index in [9.17, 15) is 13.2 Å². The van der Waals surface area contributed by atoms with Crippen LogP contribution in [0.3, 0.4) is 0 Å². The van der Waals surface area contributed by atoms with Crippen molar-refractivity contribution < 1.29 is 13.2 Å². The van der Waals surface area contributed by atoms with Crippen LogP contribution in [0.25, 0.3) is 10.9 Å². The summed E-state index contributed by atoms with van der Waals surface area (Å²) in [6.45, 7) is 5.61. The molecule has 1 aromatic heterocycles. The van der Waals surface area contributed by atoms with Gasteiger partial charge in [-0.3, -0.25) is 4.79 Å². The lowest BCUT2D eigenvalue weighted by atomic mass is 10.1. The normalized spacial score (nSPS) is 15.9. The van der Waals surface area contributed by atoms with Crippen LogP contribution in [-0.2, 0) is 27.8 Å². The van der Waals surface area contributed by atoms with Crippen molar-refractivity contribution in [1.29, 1.82) is 0 Å². The number of nitrogens with zero attached hydrogens (tertiary/aromatic N) is 2. The lowest BCUT2D eigenvalue weighted by molar-refractivity contribution is -0.123. The Morgan fingerprint density at radius 2 is 1.71 bits per heavy atom. The van der Waals surface area contributed by atoms with Gasteiger partial charge in [0.05, 0.1) is 4.90 Å². The van der Waals surface area contributed by atoms with E-state index in [2.05, 4.69) is 24.4 Å². The SMILES string of the molecule is CCc1ccc(CNC(=O)[C@H](C)n2ccc3cc(S(=O)(=O)N4CCCC4)ccc32)cc1. The fourth-order valence-corrected chi connectivity index (χ4v) is 5.63. The third-order valence-corrected chi connectivity index (χ3v) is 7.98. The summed E-state index contributed by atoms with van der Waals surface area (Å²) in [4.78, 5) is 13.1. The Kier molecular flexibility index (Phi) is 6.16. The van der Waals surface area contributed by atoms with Gasteiger partial charge in [-0.15, -0.1) is 0 Å². The number of sulfonamides is 1. The fraction of sp³-hybridized carbons (Fsp3) is 0.375. The largest absolute Gasteiger partial charge is 0.350 e. The lowest BCUT2D eigenvalue weighted by Gasteiger charge is -2.17. The summed E-state index contributed by atoms with van der Waals surface area (Å²) in [5.74, 6) is -0.0779. The van der Waals surface area contributed by atoms with Crippen LogP contribution in [0.2, 0.25) is 0 Å². The predicted octanol–water partition coefficient (Wildman–Crippen LogP) is 3.87. The molecule has 164 valence electrons. The first-order chi connectivity index (χ1) is 14.9. The van der Waals surface area contributed by atoms with Gasteiger partial charge in [-0.2, -0.15) is 4.31 Å². The number of fused-ring (bicyclic) bond motifs is 1. The first-order valence-electron chi connectivity index (χ1n) is 10.9. The summed E-state index contributed by atoms with van der Waals surface area (Å²) in [6.07, 6.45) is 4.66. The third kappa shape index (κ3) is 4.38. The minimum atomic E-state index is -3.46. The Balaban J connectivity index is 1.48. The number of benzene rings is 2. The number of nitrogens with one attached hydrogen (secondary N) is 1. The zero-order chi connectivity index (χ0) is 22.0. The van der Waals surface area contributed by atoms with Crippen LogP contribution in [0.1, 0.15) is 43.9 Å². The maximum atomic E-state index is 12.8. The molecule has 1 amide bonds. The van der Waals surface area contributed by atoms with Crippen molar-refractivity contribution in [3.05, 3.63) is 65.9 Å². The number of hydrogen-bond acceptors (Lipinski definition) is 3. The third-order valence-electron chi connectivity index (χ3n) is 6.09. The van der Waals surface area contributed by atoms with Crippen LogP contribution in [0, 0.1) is 0 Å². The average molecular weight is 440 g/mol. The minimum Gasteiger partial charge on any atom is -0.350 e. The van der Waals surface area contributed by atoms with E-state index in [0.29, 0.717) is 24.5 Å². The number of hydrogen-bond donors (Lipinski definition) is 1. The fourth-order valence-electron chi connectivity index (χ4n) is 4.07. The number of carbonyl (C=O) groups excluding carboxylic acids is 1. The lowest BCUT2D eigenvalue weighted by Crippen LogP contribution is -2.30. The Bertz CT molecular complexity index is 1180. The summed E-state index contributed by atoms with van der Waals surface area (Å²) in [6, 6.07) is 14.8. The Hall–Kier alpha value is -2.64. The van der Waals surface area contributed by atoms with Crippen LogP contribution in [0.4, 0.5) is 0 Å². The topological polar surface area (TPSA) is 71.4 Å². The van der Waals surface area contributed by atoms with Crippen LogP contribution >= 0.6 is 0 Å². The van der Waals surface area contributed by atoms with Gasteiger partial charge >= 0.3 is 0 Å². The van der Waals surface area contributed by atoms with Gasteiger partial charge in [0, 0.05) is 36.7 Å². The van der Waals surface area contributed by atoms with E-state index in [1.807, 2.05) is 35.9 Å². The van der Waals surface area contributed by atoms with E-state index >= 15 is 0 Å². The van der Waals surface area contributed by atoms with Crippen molar-refractivity contribution in [1.82, 2.24) is 14.2 Å². The van der Waals surface area contributed by atoms with Crippen molar-refractivity contribution in [3.63, 3.8) is 0 Å². The second-order valence-electron chi connectivity index (χ2n) is 8.12. The zero-order valence-electron chi connectivity index (χ0n) is 18.0. The van der Waals surface area contributed by atoms with Gasteiger partial charge in [0.2, 0.25) is 15.9 Å². The molecule has 1 atom stereocenters. The summed E-state index contributed by atoms with van der Waals surface area (Å²) in [5, 5.41) is 3.81. The maximum Gasteiger partial charge on any atom is 0.243 e. The molecule has 2 heterocycles. The molecule has 0 unspecified atom stereocenters. The molecule has 31 heavy (non-hydrogen) atoms. The molecule has 1 N–H and O–H groups in total. The van der Waals surface area contributed by atoms with Gasteiger partial charge in [-0.25, -0.2) is 8.42 Å². The van der Waals surface area contributed by atoms with Gasteiger partial charge in [-0.05, 0) is 61.6 Å². The van der Waals surface area contributed by atoms with Crippen molar-refractivity contribution in [2.45, 2.75) is 50.6 Å². The Labute approximate surface area is 183 Å². The van der Waals surface area contributed by atoms with Crippen LogP contribution in [0.5, 0.6) is 0 Å². The highest BCUT2D eigenvalue weighted by atomic mass is 32.2. The van der Waals surface area contributed by atoms with Crippen LogP contribution in [-0.4, -0.2) is 36.3 Å². The van der Waals surface area contributed by atoms with Gasteiger partial charge in [0.1, 0.15) is 6.04 Å². The molecule has 0 radical (unpaired) electrons. The maximum absolute atomic E-state index is 12.8. The Morgan fingerprint density at radius 3 is 2.39 bits per heavy atom. The molecule has 1 aliphatic heterocycles. The number of rotatable bonds is 7.